The van der Waals surface area contributed by atoms with E-state index in [-0.39, 0.29) is 18.1 Å². The first-order valence-electron chi connectivity index (χ1n) is 9.78. The minimum Gasteiger partial charge on any atom is -0.343 e. The molecule has 0 fully saturated rings. The number of halogens is 2. The van der Waals surface area contributed by atoms with Gasteiger partial charge in [-0.1, -0.05) is 17.2 Å². The quantitative estimate of drug-likeness (QED) is 0.486. The Hall–Kier alpha value is -3.79. The van der Waals surface area contributed by atoms with Crippen molar-refractivity contribution in [3.8, 4) is 0 Å². The van der Waals surface area contributed by atoms with Crippen molar-refractivity contribution in [2.75, 3.05) is 16.6 Å². The van der Waals surface area contributed by atoms with Crippen LogP contribution in [0.5, 0.6) is 0 Å². The van der Waals surface area contributed by atoms with Gasteiger partial charge >= 0.3 is 0 Å². The molecule has 0 saturated heterocycles. The summed E-state index contributed by atoms with van der Waals surface area (Å²) in [6.45, 7) is 3.49. The van der Waals surface area contributed by atoms with E-state index < -0.39 is 32.5 Å². The number of aryl methyl sites for hydroxylation is 2. The minimum atomic E-state index is -4.13. The van der Waals surface area contributed by atoms with Crippen molar-refractivity contribution in [3.05, 3.63) is 89.0 Å². The minimum absolute atomic E-state index is 0.154. The monoisotopic (exact) mass is 473 g/mol. The van der Waals surface area contributed by atoms with E-state index in [4.69, 9.17) is 0 Å². The molecule has 0 atom stereocenters. The molecule has 0 aliphatic carbocycles. The molecule has 3 aromatic rings. The van der Waals surface area contributed by atoms with E-state index in [0.29, 0.717) is 17.3 Å². The average molecular weight is 474 g/mol. The van der Waals surface area contributed by atoms with Crippen LogP contribution < -0.4 is 15.4 Å². The van der Waals surface area contributed by atoms with Crippen molar-refractivity contribution in [2.24, 2.45) is 0 Å². The molecule has 0 saturated carbocycles. The lowest BCUT2D eigenvalue weighted by atomic mass is 10.1. The fourth-order valence-corrected chi connectivity index (χ4v) is 4.12. The SMILES string of the molecule is Cc1cc(C)cc(C(=O)NCC(=O)Nc2ccc(NS(=O)(=O)c3ccc(F)c(F)c3)cc2)c1. The molecular formula is C23H21F2N3O4S. The smallest absolute Gasteiger partial charge is 0.261 e. The molecule has 3 rings (SSSR count). The van der Waals surface area contributed by atoms with Gasteiger partial charge in [-0.25, -0.2) is 17.2 Å². The number of rotatable bonds is 7. The van der Waals surface area contributed by atoms with E-state index >= 15 is 0 Å². The first kappa shape index (κ1) is 23.9. The highest BCUT2D eigenvalue weighted by Gasteiger charge is 2.17. The summed E-state index contributed by atoms with van der Waals surface area (Å²) < 4.78 is 53.3. The van der Waals surface area contributed by atoms with E-state index in [2.05, 4.69) is 15.4 Å². The van der Waals surface area contributed by atoms with Crippen LogP contribution in [0.1, 0.15) is 21.5 Å². The predicted octanol–water partition coefficient (Wildman–Crippen LogP) is 3.75. The maximum Gasteiger partial charge on any atom is 0.261 e. The molecule has 0 bridgehead atoms. The summed E-state index contributed by atoms with van der Waals surface area (Å²) in [6.07, 6.45) is 0. The molecule has 0 aliphatic rings. The van der Waals surface area contributed by atoms with Crippen LogP contribution in [-0.4, -0.2) is 26.8 Å². The number of amides is 2. The number of carbonyl (C=O) groups is 2. The molecule has 0 aliphatic heterocycles. The van der Waals surface area contributed by atoms with Crippen LogP contribution in [-0.2, 0) is 14.8 Å². The summed E-state index contributed by atoms with van der Waals surface area (Å²) in [5.74, 6) is -3.28. The number of anilines is 2. The van der Waals surface area contributed by atoms with Crippen molar-refractivity contribution in [3.63, 3.8) is 0 Å². The number of hydrogen-bond donors (Lipinski definition) is 3. The van der Waals surface area contributed by atoms with Gasteiger partial charge in [0.1, 0.15) is 0 Å². The molecule has 33 heavy (non-hydrogen) atoms. The van der Waals surface area contributed by atoms with Crippen LogP contribution in [0.25, 0.3) is 0 Å². The lowest BCUT2D eigenvalue weighted by molar-refractivity contribution is -0.115. The van der Waals surface area contributed by atoms with Gasteiger partial charge in [0.2, 0.25) is 5.91 Å². The maximum atomic E-state index is 13.3. The summed E-state index contributed by atoms with van der Waals surface area (Å²) in [7, 11) is -4.13. The second-order valence-corrected chi connectivity index (χ2v) is 9.05. The highest BCUT2D eigenvalue weighted by molar-refractivity contribution is 7.92. The van der Waals surface area contributed by atoms with Crippen molar-refractivity contribution in [1.82, 2.24) is 5.32 Å². The van der Waals surface area contributed by atoms with Gasteiger partial charge in [-0.3, -0.25) is 14.3 Å². The van der Waals surface area contributed by atoms with Crippen LogP contribution in [0.15, 0.2) is 65.6 Å². The first-order chi connectivity index (χ1) is 15.5. The third-order valence-electron chi connectivity index (χ3n) is 4.52. The molecule has 172 valence electrons. The first-order valence-corrected chi connectivity index (χ1v) is 11.3. The molecule has 7 nitrogen and oxygen atoms in total. The molecule has 0 radical (unpaired) electrons. The Morgan fingerprint density at radius 3 is 2.03 bits per heavy atom. The van der Waals surface area contributed by atoms with Gasteiger partial charge in [-0.2, -0.15) is 0 Å². The van der Waals surface area contributed by atoms with Gasteiger partial charge in [-0.05, 0) is 68.4 Å². The molecule has 0 spiro atoms. The van der Waals surface area contributed by atoms with E-state index in [1.54, 1.807) is 12.1 Å². The second kappa shape index (κ2) is 9.78. The molecular weight excluding hydrogens is 452 g/mol. The Labute approximate surface area is 189 Å². The van der Waals surface area contributed by atoms with Crippen LogP contribution in [0.4, 0.5) is 20.2 Å². The fourth-order valence-electron chi connectivity index (χ4n) is 3.05. The lowest BCUT2D eigenvalue weighted by Gasteiger charge is -2.10. The van der Waals surface area contributed by atoms with E-state index in [9.17, 15) is 26.8 Å². The molecule has 2 amide bonds. The molecule has 0 aromatic heterocycles. The maximum absolute atomic E-state index is 13.3. The summed E-state index contributed by atoms with van der Waals surface area (Å²) in [4.78, 5) is 23.9. The summed E-state index contributed by atoms with van der Waals surface area (Å²) in [6, 6.07) is 13.3. The van der Waals surface area contributed by atoms with Gasteiger partial charge < -0.3 is 10.6 Å². The van der Waals surface area contributed by atoms with Crippen LogP contribution in [0, 0.1) is 25.5 Å². The zero-order valence-electron chi connectivity index (χ0n) is 17.8. The zero-order valence-corrected chi connectivity index (χ0v) is 18.6. The second-order valence-electron chi connectivity index (χ2n) is 7.37. The Bertz CT molecular complexity index is 1290. The normalized spacial score (nSPS) is 11.0. The predicted molar refractivity (Wildman–Crippen MR) is 120 cm³/mol. The third-order valence-corrected chi connectivity index (χ3v) is 5.89. The van der Waals surface area contributed by atoms with Gasteiger partial charge in [0, 0.05) is 16.9 Å². The summed E-state index contributed by atoms with van der Waals surface area (Å²) in [5, 5.41) is 5.13. The van der Waals surface area contributed by atoms with E-state index in [0.717, 1.165) is 23.3 Å². The highest BCUT2D eigenvalue weighted by atomic mass is 32.2. The van der Waals surface area contributed by atoms with Crippen molar-refractivity contribution < 1.29 is 26.8 Å². The van der Waals surface area contributed by atoms with Gasteiger partial charge in [-0.15, -0.1) is 0 Å². The fraction of sp³-hybridized carbons (Fsp3) is 0.130. The van der Waals surface area contributed by atoms with Crippen molar-refractivity contribution in [2.45, 2.75) is 18.7 Å². The number of hydrogen-bond acceptors (Lipinski definition) is 4. The van der Waals surface area contributed by atoms with Crippen LogP contribution in [0.3, 0.4) is 0 Å². The lowest BCUT2D eigenvalue weighted by Crippen LogP contribution is -2.32. The highest BCUT2D eigenvalue weighted by Crippen LogP contribution is 2.20. The topological polar surface area (TPSA) is 104 Å². The molecule has 0 unspecified atom stereocenters. The van der Waals surface area contributed by atoms with Crippen molar-refractivity contribution >= 4 is 33.2 Å². The largest absolute Gasteiger partial charge is 0.343 e. The Kier molecular flexibility index (Phi) is 7.07. The summed E-state index contributed by atoms with van der Waals surface area (Å²) >= 11 is 0. The standard InChI is InChI=1S/C23H21F2N3O4S/c1-14-9-15(2)11-16(10-14)23(30)26-13-22(29)27-17-3-5-18(6-4-17)28-33(31,32)19-7-8-20(24)21(25)12-19/h3-12,28H,13H2,1-2H3,(H,26,30)(H,27,29). The van der Waals surface area contributed by atoms with Crippen LogP contribution >= 0.6 is 0 Å². The number of benzene rings is 3. The number of sulfonamides is 1. The summed E-state index contributed by atoms with van der Waals surface area (Å²) in [5.41, 5.74) is 2.85. The van der Waals surface area contributed by atoms with E-state index in [1.165, 1.54) is 24.3 Å². The van der Waals surface area contributed by atoms with Gasteiger partial charge in [0.05, 0.1) is 11.4 Å². The van der Waals surface area contributed by atoms with E-state index in [1.807, 2.05) is 19.9 Å². The Morgan fingerprint density at radius 1 is 0.818 bits per heavy atom. The third kappa shape index (κ3) is 6.36. The zero-order chi connectivity index (χ0) is 24.2. The molecule has 3 aromatic carbocycles. The molecule has 0 heterocycles. The van der Waals surface area contributed by atoms with Gasteiger partial charge in [0.25, 0.3) is 15.9 Å². The van der Waals surface area contributed by atoms with Crippen LogP contribution in [0.2, 0.25) is 0 Å². The molecule has 3 N–H and O–H groups in total. The average Bonchev–Trinajstić information content (AvgIpc) is 2.74. The number of nitrogens with one attached hydrogen (secondary N) is 3. The number of carbonyl (C=O) groups excluding carboxylic acids is 2. The van der Waals surface area contributed by atoms with Gasteiger partial charge in [0.15, 0.2) is 11.6 Å². The van der Waals surface area contributed by atoms with Crippen molar-refractivity contribution in [1.29, 1.82) is 0 Å². The Balaban J connectivity index is 1.57. The Morgan fingerprint density at radius 2 is 1.42 bits per heavy atom. The molecule has 10 heteroatoms.